The Morgan fingerprint density at radius 3 is 2.86 bits per heavy atom. The number of rotatable bonds is 3. The molecule has 0 atom stereocenters. The average molecular weight is 196 g/mol. The van der Waals surface area contributed by atoms with Gasteiger partial charge in [-0.05, 0) is 18.1 Å². The van der Waals surface area contributed by atoms with Crippen molar-refractivity contribution in [2.24, 2.45) is 5.73 Å². The molecule has 4 heteroatoms. The molecule has 0 spiro atoms. The first-order valence-electron chi connectivity index (χ1n) is 4.44. The van der Waals surface area contributed by atoms with Crippen LogP contribution in [0.3, 0.4) is 0 Å². The van der Waals surface area contributed by atoms with Crippen LogP contribution in [0.5, 0.6) is 0 Å². The molecule has 2 amide bonds. The number of nitrogens with two attached hydrogens (primary N) is 1. The van der Waals surface area contributed by atoms with Gasteiger partial charge in [-0.2, -0.15) is 0 Å². The molecule has 3 nitrogen and oxygen atoms in total. The lowest BCUT2D eigenvalue weighted by molar-refractivity contribution is 0.248. The van der Waals surface area contributed by atoms with Gasteiger partial charge in [0.15, 0.2) is 0 Å². The van der Waals surface area contributed by atoms with Crippen molar-refractivity contribution < 1.29 is 9.18 Å². The minimum Gasteiger partial charge on any atom is -0.352 e. The number of urea groups is 1. The van der Waals surface area contributed by atoms with Gasteiger partial charge in [0, 0.05) is 12.1 Å². The van der Waals surface area contributed by atoms with E-state index in [1.54, 1.807) is 12.1 Å². The molecule has 1 aromatic carbocycles. The van der Waals surface area contributed by atoms with Crippen molar-refractivity contribution >= 4 is 6.03 Å². The van der Waals surface area contributed by atoms with Crippen LogP contribution < -0.4 is 11.1 Å². The molecule has 0 aliphatic carbocycles. The summed E-state index contributed by atoms with van der Waals surface area (Å²) in [4.78, 5) is 10.4. The predicted molar refractivity (Wildman–Crippen MR) is 52.2 cm³/mol. The van der Waals surface area contributed by atoms with E-state index >= 15 is 0 Å². The first-order chi connectivity index (χ1) is 6.63. The van der Waals surface area contributed by atoms with E-state index in [1.807, 2.05) is 6.92 Å². The normalized spacial score (nSPS) is 9.86. The molecule has 0 unspecified atom stereocenters. The van der Waals surface area contributed by atoms with E-state index in [4.69, 9.17) is 5.73 Å². The summed E-state index contributed by atoms with van der Waals surface area (Å²) < 4.78 is 13.2. The van der Waals surface area contributed by atoms with E-state index in [0.29, 0.717) is 5.56 Å². The predicted octanol–water partition coefficient (Wildman–Crippen LogP) is 1.56. The highest BCUT2D eigenvalue weighted by molar-refractivity contribution is 5.71. The minimum atomic E-state index is -0.647. The second-order valence-electron chi connectivity index (χ2n) is 3.00. The molecular weight excluding hydrogens is 183 g/mol. The number of hydrogen-bond donors (Lipinski definition) is 2. The van der Waals surface area contributed by atoms with Gasteiger partial charge in [-0.15, -0.1) is 0 Å². The zero-order chi connectivity index (χ0) is 10.6. The molecule has 76 valence electrons. The Labute approximate surface area is 82.1 Å². The molecular formula is C10H13FN2O. The Morgan fingerprint density at radius 1 is 1.57 bits per heavy atom. The molecule has 14 heavy (non-hydrogen) atoms. The van der Waals surface area contributed by atoms with E-state index < -0.39 is 6.03 Å². The van der Waals surface area contributed by atoms with Gasteiger partial charge in [-0.1, -0.05) is 19.1 Å². The van der Waals surface area contributed by atoms with Gasteiger partial charge in [0.05, 0.1) is 0 Å². The van der Waals surface area contributed by atoms with Crippen LogP contribution in [0, 0.1) is 5.82 Å². The van der Waals surface area contributed by atoms with Crippen molar-refractivity contribution in [3.05, 3.63) is 35.1 Å². The second kappa shape index (κ2) is 4.60. The molecule has 0 bridgehead atoms. The smallest absolute Gasteiger partial charge is 0.312 e. The molecule has 1 aromatic rings. The van der Waals surface area contributed by atoms with E-state index in [-0.39, 0.29) is 12.4 Å². The maximum atomic E-state index is 13.2. The lowest BCUT2D eigenvalue weighted by atomic mass is 10.1. The molecule has 0 fully saturated rings. The van der Waals surface area contributed by atoms with Crippen LogP contribution in [0.15, 0.2) is 18.2 Å². The molecule has 0 heterocycles. The Morgan fingerprint density at radius 2 is 2.29 bits per heavy atom. The van der Waals surface area contributed by atoms with E-state index in [0.717, 1.165) is 12.0 Å². The van der Waals surface area contributed by atoms with Crippen molar-refractivity contribution in [2.45, 2.75) is 19.9 Å². The number of carbonyl (C=O) groups is 1. The third kappa shape index (κ3) is 2.73. The van der Waals surface area contributed by atoms with Crippen LogP contribution in [0.4, 0.5) is 9.18 Å². The molecule has 0 saturated heterocycles. The zero-order valence-electron chi connectivity index (χ0n) is 8.01. The van der Waals surface area contributed by atoms with Crippen molar-refractivity contribution in [1.29, 1.82) is 0 Å². The van der Waals surface area contributed by atoms with Gasteiger partial charge >= 0.3 is 6.03 Å². The average Bonchev–Trinajstić information content (AvgIpc) is 2.16. The SMILES string of the molecule is CCc1ccc(F)c(CNC(N)=O)c1. The maximum absolute atomic E-state index is 13.2. The van der Waals surface area contributed by atoms with Crippen LogP contribution in [-0.4, -0.2) is 6.03 Å². The first kappa shape index (κ1) is 10.5. The van der Waals surface area contributed by atoms with Crippen molar-refractivity contribution in [1.82, 2.24) is 5.32 Å². The summed E-state index contributed by atoms with van der Waals surface area (Å²) >= 11 is 0. The number of amides is 2. The van der Waals surface area contributed by atoms with Crippen LogP contribution in [0.1, 0.15) is 18.1 Å². The maximum Gasteiger partial charge on any atom is 0.312 e. The van der Waals surface area contributed by atoms with Crippen LogP contribution in [0.2, 0.25) is 0 Å². The topological polar surface area (TPSA) is 55.1 Å². The van der Waals surface area contributed by atoms with Gasteiger partial charge in [0.25, 0.3) is 0 Å². The first-order valence-corrected chi connectivity index (χ1v) is 4.44. The molecule has 0 saturated carbocycles. The minimum absolute atomic E-state index is 0.134. The summed E-state index contributed by atoms with van der Waals surface area (Å²) in [7, 11) is 0. The summed E-state index contributed by atoms with van der Waals surface area (Å²) in [6, 6.07) is 4.21. The van der Waals surface area contributed by atoms with E-state index in [2.05, 4.69) is 5.32 Å². The Kier molecular flexibility index (Phi) is 3.45. The zero-order valence-corrected chi connectivity index (χ0v) is 8.01. The van der Waals surface area contributed by atoms with Crippen molar-refractivity contribution in [2.75, 3.05) is 0 Å². The van der Waals surface area contributed by atoms with E-state index in [9.17, 15) is 9.18 Å². The highest BCUT2D eigenvalue weighted by atomic mass is 19.1. The summed E-state index contributed by atoms with van der Waals surface area (Å²) in [5, 5.41) is 2.35. The van der Waals surface area contributed by atoms with Gasteiger partial charge in [0.2, 0.25) is 0 Å². The fourth-order valence-corrected chi connectivity index (χ4v) is 1.17. The molecule has 0 radical (unpaired) electrons. The highest BCUT2D eigenvalue weighted by Crippen LogP contribution is 2.10. The number of primary amides is 1. The molecule has 0 aliphatic heterocycles. The Balaban J connectivity index is 2.78. The lowest BCUT2D eigenvalue weighted by Gasteiger charge is -2.05. The summed E-state index contributed by atoms with van der Waals surface area (Å²) in [6.07, 6.45) is 0.837. The van der Waals surface area contributed by atoms with E-state index in [1.165, 1.54) is 6.07 Å². The standard InChI is InChI=1S/C10H13FN2O/c1-2-7-3-4-9(11)8(5-7)6-13-10(12)14/h3-5H,2,6H2,1H3,(H3,12,13,14). The quantitative estimate of drug-likeness (QED) is 0.757. The van der Waals surface area contributed by atoms with Crippen LogP contribution >= 0.6 is 0 Å². The number of hydrogen-bond acceptors (Lipinski definition) is 1. The van der Waals surface area contributed by atoms with Gasteiger partial charge in [-0.3, -0.25) is 0 Å². The molecule has 3 N–H and O–H groups in total. The summed E-state index contributed by atoms with van der Waals surface area (Å²) in [5.74, 6) is -0.323. The summed E-state index contributed by atoms with van der Waals surface area (Å²) in [5.41, 5.74) is 6.38. The number of halogens is 1. The number of aryl methyl sites for hydroxylation is 1. The highest BCUT2D eigenvalue weighted by Gasteiger charge is 2.03. The van der Waals surface area contributed by atoms with Crippen LogP contribution in [-0.2, 0) is 13.0 Å². The lowest BCUT2D eigenvalue weighted by Crippen LogP contribution is -2.29. The molecule has 0 aromatic heterocycles. The third-order valence-corrected chi connectivity index (χ3v) is 1.97. The Bertz CT molecular complexity index is 339. The number of benzene rings is 1. The van der Waals surface area contributed by atoms with Crippen molar-refractivity contribution in [3.8, 4) is 0 Å². The monoisotopic (exact) mass is 196 g/mol. The van der Waals surface area contributed by atoms with Gasteiger partial charge < -0.3 is 11.1 Å². The largest absolute Gasteiger partial charge is 0.352 e. The Hall–Kier alpha value is -1.58. The third-order valence-electron chi connectivity index (χ3n) is 1.97. The molecule has 1 rings (SSSR count). The number of carbonyl (C=O) groups excluding carboxylic acids is 1. The fourth-order valence-electron chi connectivity index (χ4n) is 1.17. The van der Waals surface area contributed by atoms with Gasteiger partial charge in [-0.25, -0.2) is 9.18 Å². The summed E-state index contributed by atoms with van der Waals surface area (Å²) in [6.45, 7) is 2.12. The molecule has 0 aliphatic rings. The van der Waals surface area contributed by atoms with Crippen LogP contribution in [0.25, 0.3) is 0 Å². The fraction of sp³-hybridized carbons (Fsp3) is 0.300. The second-order valence-corrected chi connectivity index (χ2v) is 3.00. The van der Waals surface area contributed by atoms with Crippen molar-refractivity contribution in [3.63, 3.8) is 0 Å². The van der Waals surface area contributed by atoms with Gasteiger partial charge in [0.1, 0.15) is 5.82 Å². The number of nitrogens with one attached hydrogen (secondary N) is 1.